The Balaban J connectivity index is 1.78. The number of methoxy groups -OCH3 is 2. The Labute approximate surface area is 301 Å². The molecular weight excluding hydrogens is 674 g/mol. The second-order valence-electron chi connectivity index (χ2n) is 13.2. The highest BCUT2D eigenvalue weighted by molar-refractivity contribution is 6.76. The second kappa shape index (κ2) is 18.3. The number of carbonyl (C=O) groups is 1. The van der Waals surface area contributed by atoms with Gasteiger partial charge in [0.05, 0.1) is 30.1 Å². The van der Waals surface area contributed by atoms with Gasteiger partial charge in [0.15, 0.2) is 11.5 Å². The number of hydrogen-bond donors (Lipinski definition) is 1. The summed E-state index contributed by atoms with van der Waals surface area (Å²) < 4.78 is 31.1. The number of amides is 1. The zero-order valence-electron chi connectivity index (χ0n) is 30.3. The summed E-state index contributed by atoms with van der Waals surface area (Å²) in [5.74, 6) is 1.52. The minimum absolute atomic E-state index is 0.0271. The van der Waals surface area contributed by atoms with Crippen LogP contribution in [0.4, 0.5) is 0 Å². The smallest absolute Gasteiger partial charge is 0.256 e. The number of benzene rings is 3. The van der Waals surface area contributed by atoms with Crippen LogP contribution in [0.5, 0.6) is 23.0 Å². The number of halogens is 1. The standard InChI is InChI=1S/C38H50ClN3O7Si/c1-8-41(9-2)19-18-40-38(44)31-23-42(26-47-20-21-50(5,6)7)32-22-33(48-24-27-10-14-29(45-3)15-11-27)37(35(39)34(32)36(31)43)49-25-28-12-16-30(46-4)17-13-28/h10-17,22-23H,8-9,18-21,24-26H2,1-7H3,(H,40,44). The minimum Gasteiger partial charge on any atom is -0.497 e. The van der Waals surface area contributed by atoms with E-state index in [1.807, 2.05) is 48.5 Å². The maximum Gasteiger partial charge on any atom is 0.256 e. The molecule has 50 heavy (non-hydrogen) atoms. The van der Waals surface area contributed by atoms with E-state index in [0.717, 1.165) is 41.8 Å². The van der Waals surface area contributed by atoms with Crippen molar-refractivity contribution >= 4 is 36.5 Å². The van der Waals surface area contributed by atoms with Crippen molar-refractivity contribution in [1.29, 1.82) is 0 Å². The molecule has 1 N–H and O–H groups in total. The molecule has 0 saturated carbocycles. The molecule has 12 heteroatoms. The van der Waals surface area contributed by atoms with Gasteiger partial charge in [-0.1, -0.05) is 69.4 Å². The Morgan fingerprint density at radius 2 is 1.48 bits per heavy atom. The van der Waals surface area contributed by atoms with Gasteiger partial charge in [0.1, 0.15) is 37.0 Å². The topological polar surface area (TPSA) is 100 Å². The van der Waals surface area contributed by atoms with Crippen LogP contribution in [0.3, 0.4) is 0 Å². The van der Waals surface area contributed by atoms with Crippen LogP contribution in [-0.4, -0.2) is 70.5 Å². The van der Waals surface area contributed by atoms with Crippen LogP contribution in [0, 0.1) is 0 Å². The maximum absolute atomic E-state index is 14.1. The molecule has 0 aliphatic carbocycles. The summed E-state index contributed by atoms with van der Waals surface area (Å²) in [5, 5.41) is 3.12. The van der Waals surface area contributed by atoms with Crippen molar-refractivity contribution in [3.8, 4) is 23.0 Å². The van der Waals surface area contributed by atoms with Gasteiger partial charge in [0.2, 0.25) is 5.43 Å². The normalized spacial score (nSPS) is 11.5. The molecule has 0 saturated heterocycles. The Morgan fingerprint density at radius 1 is 0.900 bits per heavy atom. The third-order valence-corrected chi connectivity index (χ3v) is 10.5. The first-order valence-electron chi connectivity index (χ1n) is 17.0. The van der Waals surface area contributed by atoms with Crippen LogP contribution in [0.2, 0.25) is 30.7 Å². The molecular formula is C38H50ClN3O7Si. The molecule has 10 nitrogen and oxygen atoms in total. The van der Waals surface area contributed by atoms with Gasteiger partial charge in [-0.25, -0.2) is 0 Å². The zero-order chi connectivity index (χ0) is 36.3. The predicted molar refractivity (Wildman–Crippen MR) is 202 cm³/mol. The number of ether oxygens (including phenoxy) is 5. The molecule has 4 rings (SSSR count). The quantitative estimate of drug-likeness (QED) is 0.0801. The molecule has 0 aliphatic heterocycles. The van der Waals surface area contributed by atoms with E-state index in [1.165, 1.54) is 0 Å². The van der Waals surface area contributed by atoms with Crippen molar-refractivity contribution in [2.75, 3.05) is 47.0 Å². The number of fused-ring (bicyclic) bond motifs is 1. The van der Waals surface area contributed by atoms with Crippen molar-refractivity contribution in [2.45, 2.75) is 59.5 Å². The van der Waals surface area contributed by atoms with Gasteiger partial charge < -0.3 is 38.5 Å². The molecule has 1 heterocycles. The van der Waals surface area contributed by atoms with E-state index in [0.29, 0.717) is 31.0 Å². The summed E-state index contributed by atoms with van der Waals surface area (Å²) in [5.41, 5.74) is 1.69. The molecule has 0 bridgehead atoms. The largest absolute Gasteiger partial charge is 0.497 e. The van der Waals surface area contributed by atoms with E-state index in [4.69, 9.17) is 35.3 Å². The highest BCUT2D eigenvalue weighted by Gasteiger charge is 2.24. The van der Waals surface area contributed by atoms with Crippen LogP contribution in [0.1, 0.15) is 35.3 Å². The molecule has 4 aromatic rings. The number of hydrogen-bond acceptors (Lipinski definition) is 8. The number of pyridine rings is 1. The average Bonchev–Trinajstić information content (AvgIpc) is 3.11. The number of likely N-dealkylation sites (N-methyl/N-ethyl adjacent to an activating group) is 1. The number of carbonyl (C=O) groups excluding carboxylic acids is 1. The van der Waals surface area contributed by atoms with Crippen LogP contribution < -0.4 is 29.7 Å². The first-order chi connectivity index (χ1) is 24.0. The van der Waals surface area contributed by atoms with Crippen molar-refractivity contribution in [2.24, 2.45) is 0 Å². The van der Waals surface area contributed by atoms with E-state index < -0.39 is 19.4 Å². The van der Waals surface area contributed by atoms with Crippen molar-refractivity contribution < 1.29 is 28.5 Å². The zero-order valence-corrected chi connectivity index (χ0v) is 32.0. The number of rotatable bonds is 19. The van der Waals surface area contributed by atoms with Gasteiger partial charge in [-0.05, 0) is 54.5 Å². The molecule has 0 fully saturated rings. The van der Waals surface area contributed by atoms with E-state index in [1.54, 1.807) is 31.0 Å². The average molecular weight is 724 g/mol. The second-order valence-corrected chi connectivity index (χ2v) is 19.2. The Morgan fingerprint density at radius 3 is 2.02 bits per heavy atom. The fraction of sp³-hybridized carbons (Fsp3) is 0.421. The van der Waals surface area contributed by atoms with Crippen LogP contribution in [0.15, 0.2) is 65.6 Å². The van der Waals surface area contributed by atoms with E-state index in [-0.39, 0.29) is 41.7 Å². The first-order valence-corrected chi connectivity index (χ1v) is 21.1. The van der Waals surface area contributed by atoms with Gasteiger partial charge in [0, 0.05) is 40.0 Å². The predicted octanol–water partition coefficient (Wildman–Crippen LogP) is 7.21. The SMILES string of the molecule is CCN(CC)CCNC(=O)c1cn(COCC[Si](C)(C)C)c2cc(OCc3ccc(OC)cc3)c(OCc3ccc(OC)cc3)c(Cl)c2c1=O. The number of nitrogens with zero attached hydrogens (tertiary/aromatic N) is 2. The number of nitrogens with one attached hydrogen (secondary N) is 1. The van der Waals surface area contributed by atoms with Gasteiger partial charge in [-0.2, -0.15) is 0 Å². The summed E-state index contributed by atoms with van der Waals surface area (Å²) in [4.78, 5) is 29.8. The van der Waals surface area contributed by atoms with Crippen LogP contribution in [-0.2, 0) is 24.7 Å². The van der Waals surface area contributed by atoms with Crippen LogP contribution in [0.25, 0.3) is 10.9 Å². The Kier molecular flexibility index (Phi) is 14.2. The lowest BCUT2D eigenvalue weighted by Gasteiger charge is -2.21. The minimum atomic E-state index is -1.36. The van der Waals surface area contributed by atoms with Crippen molar-refractivity contribution in [3.05, 3.63) is 92.7 Å². The molecule has 0 spiro atoms. The lowest BCUT2D eigenvalue weighted by atomic mass is 10.1. The molecule has 1 aromatic heterocycles. The first kappa shape index (κ1) is 38.8. The van der Waals surface area contributed by atoms with E-state index in [9.17, 15) is 9.59 Å². The third-order valence-electron chi connectivity index (χ3n) is 8.41. The summed E-state index contributed by atoms with van der Waals surface area (Å²) in [6, 6.07) is 17.7. The highest BCUT2D eigenvalue weighted by Crippen LogP contribution is 2.41. The van der Waals surface area contributed by atoms with E-state index >= 15 is 0 Å². The van der Waals surface area contributed by atoms with E-state index in [2.05, 4.69) is 43.7 Å². The Hall–Kier alpha value is -4.03. The Bertz CT molecular complexity index is 1770. The summed E-state index contributed by atoms with van der Waals surface area (Å²) in [7, 11) is 1.86. The lowest BCUT2D eigenvalue weighted by Crippen LogP contribution is -2.37. The molecule has 0 radical (unpaired) electrons. The summed E-state index contributed by atoms with van der Waals surface area (Å²) in [6.45, 7) is 14.8. The molecule has 270 valence electrons. The summed E-state index contributed by atoms with van der Waals surface area (Å²) >= 11 is 7.11. The molecule has 3 aromatic carbocycles. The fourth-order valence-electron chi connectivity index (χ4n) is 5.23. The molecule has 0 unspecified atom stereocenters. The van der Waals surface area contributed by atoms with Gasteiger partial charge >= 0.3 is 0 Å². The molecule has 1 amide bonds. The van der Waals surface area contributed by atoms with Gasteiger partial charge in [0.25, 0.3) is 5.91 Å². The third kappa shape index (κ3) is 10.5. The maximum atomic E-state index is 14.1. The van der Waals surface area contributed by atoms with Crippen molar-refractivity contribution in [1.82, 2.24) is 14.8 Å². The molecule has 0 atom stereocenters. The molecule has 0 aliphatic rings. The highest BCUT2D eigenvalue weighted by atomic mass is 35.5. The van der Waals surface area contributed by atoms with Crippen molar-refractivity contribution in [3.63, 3.8) is 0 Å². The van der Waals surface area contributed by atoms with Gasteiger partial charge in [-0.3, -0.25) is 9.59 Å². The monoisotopic (exact) mass is 723 g/mol. The lowest BCUT2D eigenvalue weighted by molar-refractivity contribution is 0.0885. The van der Waals surface area contributed by atoms with Crippen LogP contribution >= 0.6 is 11.6 Å². The number of aromatic nitrogens is 1. The van der Waals surface area contributed by atoms with Gasteiger partial charge in [-0.15, -0.1) is 0 Å². The fourth-order valence-corrected chi connectivity index (χ4v) is 6.32. The summed E-state index contributed by atoms with van der Waals surface area (Å²) in [6.07, 6.45) is 1.55.